The van der Waals surface area contributed by atoms with Crippen molar-refractivity contribution in [1.82, 2.24) is 16.0 Å². The van der Waals surface area contributed by atoms with Gasteiger partial charge in [0.1, 0.15) is 6.04 Å². The van der Waals surface area contributed by atoms with Gasteiger partial charge in [0, 0.05) is 19.6 Å². The van der Waals surface area contributed by atoms with Gasteiger partial charge in [-0.05, 0) is 12.8 Å². The van der Waals surface area contributed by atoms with Crippen molar-refractivity contribution < 1.29 is 14.4 Å². The van der Waals surface area contributed by atoms with E-state index in [0.717, 1.165) is 0 Å². The van der Waals surface area contributed by atoms with Crippen LogP contribution in [0.15, 0.2) is 0 Å². The molecule has 20 heavy (non-hydrogen) atoms. The van der Waals surface area contributed by atoms with E-state index in [4.69, 9.17) is 5.73 Å². The summed E-state index contributed by atoms with van der Waals surface area (Å²) in [4.78, 5) is 34.2. The van der Waals surface area contributed by atoms with E-state index in [2.05, 4.69) is 47.8 Å². The lowest BCUT2D eigenvalue weighted by Gasteiger charge is -2.17. The molecule has 3 amide bonds. The molecule has 0 aliphatic carbocycles. The second kappa shape index (κ2) is 12.1. The highest BCUT2D eigenvalue weighted by molar-refractivity contribution is 9.09. The molecule has 0 rings (SSSR count). The third-order valence-corrected chi connectivity index (χ3v) is 3.35. The quantitative estimate of drug-likeness (QED) is 0.277. The molecule has 0 fully saturated rings. The number of alkyl halides is 2. The van der Waals surface area contributed by atoms with Gasteiger partial charge in [0.05, 0.1) is 10.7 Å². The Labute approximate surface area is 135 Å². The zero-order chi connectivity index (χ0) is 15.4. The first-order chi connectivity index (χ1) is 9.54. The first-order valence-corrected chi connectivity index (χ1v) is 8.45. The maximum atomic E-state index is 11.8. The molecule has 0 aromatic rings. The van der Waals surface area contributed by atoms with Crippen molar-refractivity contribution in [3.8, 4) is 0 Å². The van der Waals surface area contributed by atoms with Gasteiger partial charge in [-0.2, -0.15) is 0 Å². The van der Waals surface area contributed by atoms with E-state index in [1.165, 1.54) is 0 Å². The molecule has 0 spiro atoms. The van der Waals surface area contributed by atoms with Gasteiger partial charge in [-0.15, -0.1) is 0 Å². The second-order valence-corrected chi connectivity index (χ2v) is 5.08. The number of halogens is 2. The molecule has 0 aromatic carbocycles. The van der Waals surface area contributed by atoms with Gasteiger partial charge >= 0.3 is 0 Å². The maximum absolute atomic E-state index is 11.8. The number of carbonyl (C=O) groups is 3. The van der Waals surface area contributed by atoms with Crippen LogP contribution < -0.4 is 21.7 Å². The van der Waals surface area contributed by atoms with Crippen LogP contribution in [0.5, 0.6) is 0 Å². The molecule has 0 bridgehead atoms. The lowest BCUT2D eigenvalue weighted by atomic mass is 10.1. The van der Waals surface area contributed by atoms with Crippen molar-refractivity contribution in [2.75, 3.05) is 30.3 Å². The highest BCUT2D eigenvalue weighted by Crippen LogP contribution is 1.98. The van der Waals surface area contributed by atoms with Gasteiger partial charge in [-0.25, -0.2) is 0 Å². The van der Waals surface area contributed by atoms with E-state index in [1.807, 2.05) is 0 Å². The van der Waals surface area contributed by atoms with Crippen LogP contribution in [0.2, 0.25) is 0 Å². The zero-order valence-corrected chi connectivity index (χ0v) is 14.3. The van der Waals surface area contributed by atoms with Crippen molar-refractivity contribution in [2.24, 2.45) is 5.73 Å². The number of hydrogen-bond donors (Lipinski definition) is 4. The fourth-order valence-electron chi connectivity index (χ4n) is 1.40. The first-order valence-electron chi connectivity index (χ1n) is 6.20. The van der Waals surface area contributed by atoms with E-state index in [-0.39, 0.29) is 28.4 Å². The average molecular weight is 416 g/mol. The largest absolute Gasteiger partial charge is 0.355 e. The first kappa shape index (κ1) is 19.3. The van der Waals surface area contributed by atoms with E-state index in [0.29, 0.717) is 32.5 Å². The summed E-state index contributed by atoms with van der Waals surface area (Å²) in [5.41, 5.74) is 5.31. The molecule has 9 heteroatoms. The molecule has 116 valence electrons. The van der Waals surface area contributed by atoms with E-state index >= 15 is 0 Å². The van der Waals surface area contributed by atoms with Gasteiger partial charge in [0.25, 0.3) is 0 Å². The molecule has 0 aliphatic rings. The summed E-state index contributed by atoms with van der Waals surface area (Å²) in [6, 6.07) is -0.618. The minimum Gasteiger partial charge on any atom is -0.355 e. The highest BCUT2D eigenvalue weighted by Gasteiger charge is 2.19. The van der Waals surface area contributed by atoms with Crippen LogP contribution in [-0.4, -0.2) is 54.1 Å². The summed E-state index contributed by atoms with van der Waals surface area (Å²) in [6.45, 7) is 1.15. The summed E-state index contributed by atoms with van der Waals surface area (Å²) in [7, 11) is 0. The number of carbonyl (C=O) groups excluding carboxylic acids is 3. The van der Waals surface area contributed by atoms with E-state index in [9.17, 15) is 14.4 Å². The number of amides is 3. The minimum absolute atomic E-state index is 0.112. The Morgan fingerprint density at radius 2 is 1.65 bits per heavy atom. The molecule has 0 saturated carbocycles. The van der Waals surface area contributed by atoms with Crippen LogP contribution in [0.25, 0.3) is 0 Å². The Kier molecular flexibility index (Phi) is 11.7. The molecule has 0 radical (unpaired) electrons. The second-order valence-electron chi connectivity index (χ2n) is 3.96. The Balaban J connectivity index is 4.20. The van der Waals surface area contributed by atoms with Crippen LogP contribution in [0.3, 0.4) is 0 Å². The molecule has 0 aromatic heterocycles. The third-order valence-electron chi connectivity index (χ3n) is 2.33. The van der Waals surface area contributed by atoms with Gasteiger partial charge in [-0.3, -0.25) is 14.4 Å². The molecule has 0 aliphatic heterocycles. The molecular formula is C11H20Br2N4O3. The molecule has 0 unspecified atom stereocenters. The fraction of sp³-hybridized carbons (Fsp3) is 0.727. The van der Waals surface area contributed by atoms with Crippen molar-refractivity contribution in [1.29, 1.82) is 0 Å². The summed E-state index contributed by atoms with van der Waals surface area (Å²) in [5, 5.41) is 8.31. The van der Waals surface area contributed by atoms with Crippen molar-refractivity contribution >= 4 is 49.6 Å². The summed E-state index contributed by atoms with van der Waals surface area (Å²) >= 11 is 6.07. The molecule has 5 N–H and O–H groups in total. The SMILES string of the molecule is NCCNC(=O)[C@H](CCCNC(=O)CBr)NC(=O)CBr. The Morgan fingerprint density at radius 3 is 2.20 bits per heavy atom. The normalized spacial score (nSPS) is 11.6. The Morgan fingerprint density at radius 1 is 1.00 bits per heavy atom. The summed E-state index contributed by atoms with van der Waals surface area (Å²) < 4.78 is 0. The highest BCUT2D eigenvalue weighted by atomic mass is 79.9. The van der Waals surface area contributed by atoms with Gasteiger partial charge in [0.15, 0.2) is 0 Å². The van der Waals surface area contributed by atoms with Gasteiger partial charge < -0.3 is 21.7 Å². The van der Waals surface area contributed by atoms with Crippen LogP contribution in [0.4, 0.5) is 0 Å². The van der Waals surface area contributed by atoms with Crippen LogP contribution in [0, 0.1) is 0 Å². The number of nitrogens with one attached hydrogen (secondary N) is 3. The lowest BCUT2D eigenvalue weighted by Crippen LogP contribution is -2.48. The molecule has 1 atom stereocenters. The predicted molar refractivity (Wildman–Crippen MR) is 83.8 cm³/mol. The summed E-state index contributed by atoms with van der Waals surface area (Å²) in [5.74, 6) is -0.641. The van der Waals surface area contributed by atoms with Crippen LogP contribution in [-0.2, 0) is 14.4 Å². The van der Waals surface area contributed by atoms with Crippen LogP contribution >= 0.6 is 31.9 Å². The van der Waals surface area contributed by atoms with Crippen molar-refractivity contribution in [3.05, 3.63) is 0 Å². The Hall–Kier alpha value is -0.670. The number of nitrogens with two attached hydrogens (primary N) is 1. The third kappa shape index (κ3) is 9.27. The van der Waals surface area contributed by atoms with E-state index < -0.39 is 6.04 Å². The molecular weight excluding hydrogens is 396 g/mol. The molecule has 7 nitrogen and oxygen atoms in total. The Bertz CT molecular complexity index is 329. The van der Waals surface area contributed by atoms with Gasteiger partial charge in [0.2, 0.25) is 17.7 Å². The van der Waals surface area contributed by atoms with Crippen molar-refractivity contribution in [2.45, 2.75) is 18.9 Å². The molecule has 0 saturated heterocycles. The van der Waals surface area contributed by atoms with Crippen LogP contribution in [0.1, 0.15) is 12.8 Å². The predicted octanol–water partition coefficient (Wildman–Crippen LogP) is -0.768. The zero-order valence-electron chi connectivity index (χ0n) is 11.1. The molecule has 0 heterocycles. The number of rotatable bonds is 10. The minimum atomic E-state index is -0.618. The fourth-order valence-corrected chi connectivity index (χ4v) is 1.76. The van der Waals surface area contributed by atoms with E-state index in [1.54, 1.807) is 0 Å². The smallest absolute Gasteiger partial charge is 0.242 e. The topological polar surface area (TPSA) is 113 Å². The maximum Gasteiger partial charge on any atom is 0.242 e. The standard InChI is InChI=1S/C11H20Br2N4O3/c12-6-9(18)15-4-1-2-8(17-10(19)7-13)11(20)16-5-3-14/h8H,1-7,14H2,(H,15,18)(H,16,20)(H,17,19)/t8-/m0/s1. The monoisotopic (exact) mass is 414 g/mol. The average Bonchev–Trinajstić information content (AvgIpc) is 2.46. The number of hydrogen-bond acceptors (Lipinski definition) is 4. The van der Waals surface area contributed by atoms with Gasteiger partial charge in [-0.1, -0.05) is 31.9 Å². The summed E-state index contributed by atoms with van der Waals surface area (Å²) in [6.07, 6.45) is 1.03. The van der Waals surface area contributed by atoms with Crippen molar-refractivity contribution in [3.63, 3.8) is 0 Å². The lowest BCUT2D eigenvalue weighted by molar-refractivity contribution is -0.128.